The predicted molar refractivity (Wildman–Crippen MR) is 95.5 cm³/mol. The number of amides is 2. The van der Waals surface area contributed by atoms with Gasteiger partial charge in [-0.05, 0) is 36.8 Å². The summed E-state index contributed by atoms with van der Waals surface area (Å²) in [6.45, 7) is 0.660. The minimum absolute atomic E-state index is 0.0154. The molecule has 1 fully saturated rings. The van der Waals surface area contributed by atoms with Crippen molar-refractivity contribution in [2.24, 2.45) is 0 Å². The Kier molecular flexibility index (Phi) is 4.59. The molecule has 2 aromatic carbocycles. The Labute approximate surface area is 146 Å². The number of nitrogens with one attached hydrogen (secondary N) is 1. The van der Waals surface area contributed by atoms with Gasteiger partial charge in [0.1, 0.15) is 0 Å². The van der Waals surface area contributed by atoms with E-state index in [-0.39, 0.29) is 16.4 Å². The van der Waals surface area contributed by atoms with Crippen LogP contribution in [0.15, 0.2) is 53.4 Å². The van der Waals surface area contributed by atoms with Crippen molar-refractivity contribution in [3.05, 3.63) is 54.1 Å². The third-order valence-electron chi connectivity index (χ3n) is 4.02. The summed E-state index contributed by atoms with van der Waals surface area (Å²) in [5, 5.41) is 2.71. The molecular formula is C18H18N2O4S. The van der Waals surface area contributed by atoms with Crippen LogP contribution in [0.1, 0.15) is 23.2 Å². The Morgan fingerprint density at radius 2 is 1.88 bits per heavy atom. The standard InChI is InChI=1S/C18H18N2O4S/c1-25(23,24)16-9-3-2-8-15(16)18(22)19-13-6-4-7-14(12-13)20-11-5-10-17(20)21/h2-4,6-9,12H,5,10-11H2,1H3,(H,19,22). The van der Waals surface area contributed by atoms with Gasteiger partial charge in [-0.2, -0.15) is 0 Å². The van der Waals surface area contributed by atoms with E-state index in [1.807, 2.05) is 6.07 Å². The summed E-state index contributed by atoms with van der Waals surface area (Å²) in [7, 11) is -3.51. The molecule has 2 aromatic rings. The second-order valence-corrected chi connectivity index (χ2v) is 7.91. The average Bonchev–Trinajstić information content (AvgIpc) is 3.00. The van der Waals surface area contributed by atoms with Crippen molar-refractivity contribution in [3.8, 4) is 0 Å². The lowest BCUT2D eigenvalue weighted by Crippen LogP contribution is -2.23. The lowest BCUT2D eigenvalue weighted by atomic mass is 10.2. The predicted octanol–water partition coefficient (Wildman–Crippen LogP) is 2.47. The van der Waals surface area contributed by atoms with Crippen molar-refractivity contribution < 1.29 is 18.0 Å². The maximum atomic E-state index is 12.5. The molecule has 0 aliphatic carbocycles. The Morgan fingerprint density at radius 1 is 1.12 bits per heavy atom. The number of benzene rings is 2. The summed E-state index contributed by atoms with van der Waals surface area (Å²) in [6.07, 6.45) is 2.41. The van der Waals surface area contributed by atoms with E-state index in [0.717, 1.165) is 18.4 Å². The summed E-state index contributed by atoms with van der Waals surface area (Å²) in [4.78, 5) is 26.0. The van der Waals surface area contributed by atoms with Gasteiger partial charge in [-0.3, -0.25) is 9.59 Å². The smallest absolute Gasteiger partial charge is 0.256 e. The molecule has 1 aliphatic rings. The molecule has 6 nitrogen and oxygen atoms in total. The van der Waals surface area contributed by atoms with Crippen LogP contribution in [-0.2, 0) is 14.6 Å². The number of hydrogen-bond acceptors (Lipinski definition) is 4. The van der Waals surface area contributed by atoms with Crippen LogP contribution in [-0.4, -0.2) is 33.0 Å². The zero-order valence-electron chi connectivity index (χ0n) is 13.7. The van der Waals surface area contributed by atoms with Crippen LogP contribution in [0.5, 0.6) is 0 Å². The summed E-state index contributed by atoms with van der Waals surface area (Å²) in [5.41, 5.74) is 1.31. The highest BCUT2D eigenvalue weighted by molar-refractivity contribution is 7.90. The first-order chi connectivity index (χ1) is 11.9. The third kappa shape index (κ3) is 3.71. The van der Waals surface area contributed by atoms with Crippen LogP contribution in [0.2, 0.25) is 0 Å². The first-order valence-corrected chi connectivity index (χ1v) is 9.76. The van der Waals surface area contributed by atoms with Crippen molar-refractivity contribution in [1.29, 1.82) is 0 Å². The monoisotopic (exact) mass is 358 g/mol. The van der Waals surface area contributed by atoms with Crippen molar-refractivity contribution in [2.45, 2.75) is 17.7 Å². The van der Waals surface area contributed by atoms with E-state index in [2.05, 4.69) is 5.32 Å². The normalized spacial score (nSPS) is 14.6. The molecule has 3 rings (SSSR count). The highest BCUT2D eigenvalue weighted by Gasteiger charge is 2.22. The van der Waals surface area contributed by atoms with Crippen molar-refractivity contribution in [2.75, 3.05) is 23.0 Å². The summed E-state index contributed by atoms with van der Waals surface area (Å²) in [6, 6.07) is 13.0. The molecule has 7 heteroatoms. The highest BCUT2D eigenvalue weighted by Crippen LogP contribution is 2.25. The summed E-state index contributed by atoms with van der Waals surface area (Å²) >= 11 is 0. The van der Waals surface area contributed by atoms with Crippen LogP contribution < -0.4 is 10.2 Å². The Morgan fingerprint density at radius 3 is 2.56 bits per heavy atom. The van der Waals surface area contributed by atoms with Gasteiger partial charge in [0, 0.05) is 30.6 Å². The fraction of sp³-hybridized carbons (Fsp3) is 0.222. The molecule has 25 heavy (non-hydrogen) atoms. The molecule has 130 valence electrons. The van der Waals surface area contributed by atoms with Crippen LogP contribution in [0, 0.1) is 0 Å². The fourth-order valence-electron chi connectivity index (χ4n) is 2.85. The van der Waals surface area contributed by atoms with Gasteiger partial charge in [0.15, 0.2) is 9.84 Å². The van der Waals surface area contributed by atoms with Gasteiger partial charge in [-0.15, -0.1) is 0 Å². The maximum absolute atomic E-state index is 12.5. The molecule has 1 N–H and O–H groups in total. The number of anilines is 2. The van der Waals surface area contributed by atoms with E-state index in [1.165, 1.54) is 12.1 Å². The SMILES string of the molecule is CS(=O)(=O)c1ccccc1C(=O)Nc1cccc(N2CCCC2=O)c1. The largest absolute Gasteiger partial charge is 0.322 e. The topological polar surface area (TPSA) is 83.6 Å². The Balaban J connectivity index is 1.86. The molecule has 0 aromatic heterocycles. The van der Waals surface area contributed by atoms with E-state index in [4.69, 9.17) is 0 Å². The van der Waals surface area contributed by atoms with E-state index >= 15 is 0 Å². The Hall–Kier alpha value is -2.67. The number of hydrogen-bond donors (Lipinski definition) is 1. The van der Waals surface area contributed by atoms with Gasteiger partial charge in [-0.25, -0.2) is 8.42 Å². The van der Waals surface area contributed by atoms with Crippen LogP contribution in [0.4, 0.5) is 11.4 Å². The molecular weight excluding hydrogens is 340 g/mol. The number of nitrogens with zero attached hydrogens (tertiary/aromatic N) is 1. The number of rotatable bonds is 4. The fourth-order valence-corrected chi connectivity index (χ4v) is 3.73. The highest BCUT2D eigenvalue weighted by atomic mass is 32.2. The first kappa shape index (κ1) is 17.2. The van der Waals surface area contributed by atoms with Crippen molar-refractivity contribution in [1.82, 2.24) is 0 Å². The summed E-state index contributed by atoms with van der Waals surface area (Å²) < 4.78 is 23.7. The van der Waals surface area contributed by atoms with Crippen molar-refractivity contribution in [3.63, 3.8) is 0 Å². The molecule has 1 saturated heterocycles. The number of carbonyl (C=O) groups is 2. The molecule has 0 radical (unpaired) electrons. The molecule has 1 aliphatic heterocycles. The van der Waals surface area contributed by atoms with E-state index < -0.39 is 15.7 Å². The second kappa shape index (κ2) is 6.68. The molecule has 0 unspecified atom stereocenters. The van der Waals surface area contributed by atoms with Crippen LogP contribution in [0.25, 0.3) is 0 Å². The maximum Gasteiger partial charge on any atom is 0.256 e. The van der Waals surface area contributed by atoms with E-state index in [0.29, 0.717) is 18.7 Å². The van der Waals surface area contributed by atoms with Crippen LogP contribution >= 0.6 is 0 Å². The zero-order valence-corrected chi connectivity index (χ0v) is 14.5. The van der Waals surface area contributed by atoms with Crippen molar-refractivity contribution >= 4 is 33.0 Å². The van der Waals surface area contributed by atoms with Gasteiger partial charge < -0.3 is 10.2 Å². The minimum atomic E-state index is -3.51. The van der Waals surface area contributed by atoms with Gasteiger partial charge >= 0.3 is 0 Å². The lowest BCUT2D eigenvalue weighted by molar-refractivity contribution is -0.117. The quantitative estimate of drug-likeness (QED) is 0.910. The molecule has 1 heterocycles. The molecule has 0 saturated carbocycles. The lowest BCUT2D eigenvalue weighted by Gasteiger charge is -2.17. The van der Waals surface area contributed by atoms with E-state index in [9.17, 15) is 18.0 Å². The average molecular weight is 358 g/mol. The van der Waals surface area contributed by atoms with Gasteiger partial charge in [0.05, 0.1) is 10.5 Å². The second-order valence-electron chi connectivity index (χ2n) is 5.92. The molecule has 0 spiro atoms. The minimum Gasteiger partial charge on any atom is -0.322 e. The molecule has 2 amide bonds. The zero-order chi connectivity index (χ0) is 18.0. The number of sulfone groups is 1. The molecule has 0 bridgehead atoms. The Bertz CT molecular complexity index is 938. The third-order valence-corrected chi connectivity index (χ3v) is 5.18. The first-order valence-electron chi connectivity index (χ1n) is 7.87. The van der Waals surface area contributed by atoms with Gasteiger partial charge in [0.25, 0.3) is 5.91 Å². The number of carbonyl (C=O) groups excluding carboxylic acids is 2. The summed E-state index contributed by atoms with van der Waals surface area (Å²) in [5.74, 6) is -0.447. The van der Waals surface area contributed by atoms with E-state index in [1.54, 1.807) is 35.2 Å². The molecule has 0 atom stereocenters. The van der Waals surface area contributed by atoms with Gasteiger partial charge in [0.2, 0.25) is 5.91 Å². The van der Waals surface area contributed by atoms with Gasteiger partial charge in [-0.1, -0.05) is 18.2 Å². The van der Waals surface area contributed by atoms with Crippen LogP contribution in [0.3, 0.4) is 0 Å².